The largest absolute Gasteiger partial charge is 0.341 e. The van der Waals surface area contributed by atoms with Gasteiger partial charge in [0.2, 0.25) is 0 Å². The number of benzene rings is 2. The van der Waals surface area contributed by atoms with Gasteiger partial charge in [-0.15, -0.1) is 0 Å². The van der Waals surface area contributed by atoms with Crippen LogP contribution >= 0.6 is 10.6 Å². The van der Waals surface area contributed by atoms with Crippen molar-refractivity contribution >= 4 is 26.3 Å². The Morgan fingerprint density at radius 2 is 1.84 bits per heavy atom. The lowest BCUT2D eigenvalue weighted by molar-refractivity contribution is 0.0795. The van der Waals surface area contributed by atoms with Crippen LogP contribution in [-0.4, -0.2) is 52.7 Å². The smallest absolute Gasteiger partial charge is 0.253 e. The molecule has 9 heteroatoms. The van der Waals surface area contributed by atoms with Gasteiger partial charge in [-0.1, -0.05) is 30.3 Å². The zero-order chi connectivity index (χ0) is 22.9. The van der Waals surface area contributed by atoms with Crippen LogP contribution in [0.2, 0.25) is 0 Å². The van der Waals surface area contributed by atoms with Crippen molar-refractivity contribution in [3.63, 3.8) is 0 Å². The van der Waals surface area contributed by atoms with E-state index in [0.717, 1.165) is 5.56 Å². The Hall–Kier alpha value is -2.72. The molecule has 0 radical (unpaired) electrons. The second kappa shape index (κ2) is 8.67. The van der Waals surface area contributed by atoms with Crippen LogP contribution in [0.4, 0.5) is 0 Å². The molecule has 0 aliphatic carbocycles. The van der Waals surface area contributed by atoms with Gasteiger partial charge in [-0.3, -0.25) is 18.9 Å². The van der Waals surface area contributed by atoms with E-state index < -0.39 is 25.7 Å². The number of aromatic nitrogens is 1. The third-order valence-electron chi connectivity index (χ3n) is 5.61. The number of sulfone groups is 1. The van der Waals surface area contributed by atoms with Gasteiger partial charge in [0.15, 0.2) is 9.84 Å². The van der Waals surface area contributed by atoms with Crippen molar-refractivity contribution in [3.05, 3.63) is 89.7 Å². The number of hydrogen-bond donors (Lipinski definition) is 2. The van der Waals surface area contributed by atoms with Crippen LogP contribution in [-0.2, 0) is 16.3 Å². The molecule has 0 bridgehead atoms. The summed E-state index contributed by atoms with van der Waals surface area (Å²) in [6, 6.07) is 16.2. The normalized spacial score (nSPS) is 18.0. The molecule has 1 atom stereocenters. The second-order valence-corrected chi connectivity index (χ2v) is 12.0. The first-order chi connectivity index (χ1) is 15.2. The summed E-state index contributed by atoms with van der Waals surface area (Å²) in [7, 11) is -5.63. The van der Waals surface area contributed by atoms with Crippen molar-refractivity contribution in [3.8, 4) is 0 Å². The Morgan fingerprint density at radius 1 is 1.09 bits per heavy atom. The summed E-state index contributed by atoms with van der Waals surface area (Å²) in [5.41, 5.74) is 1.34. The van der Waals surface area contributed by atoms with Crippen LogP contribution in [0.25, 0.3) is 0 Å². The Kier molecular flexibility index (Phi) is 6.09. The van der Waals surface area contributed by atoms with E-state index in [1.807, 2.05) is 12.1 Å². The first kappa shape index (κ1) is 22.5. The summed E-state index contributed by atoms with van der Waals surface area (Å²) in [5.74, 6) is -0.723. The summed E-state index contributed by atoms with van der Waals surface area (Å²) in [4.78, 5) is 19.1. The van der Waals surface area contributed by atoms with Crippen LogP contribution in [0, 0.1) is 0 Å². The highest BCUT2D eigenvalue weighted by Gasteiger charge is 2.45. The lowest BCUT2D eigenvalue weighted by Crippen LogP contribution is -2.30. The van der Waals surface area contributed by atoms with E-state index >= 15 is 0 Å². The molecule has 1 unspecified atom stereocenters. The summed E-state index contributed by atoms with van der Waals surface area (Å²) in [6.45, 7) is 0.403. The van der Waals surface area contributed by atoms with E-state index in [-0.39, 0.29) is 32.6 Å². The maximum Gasteiger partial charge on any atom is 0.253 e. The number of fused-ring (bicyclic) bond motifs is 1. The van der Waals surface area contributed by atoms with E-state index in [1.165, 1.54) is 23.1 Å². The molecule has 2 aromatic carbocycles. The number of nitrogens with zero attached hydrogens (tertiary/aromatic N) is 2. The molecule has 1 aliphatic rings. The average Bonchev–Trinajstić information content (AvgIpc) is 3.10. The van der Waals surface area contributed by atoms with Crippen LogP contribution in [0.3, 0.4) is 0 Å². The Morgan fingerprint density at radius 3 is 2.53 bits per heavy atom. The van der Waals surface area contributed by atoms with Gasteiger partial charge in [0, 0.05) is 37.1 Å². The highest BCUT2D eigenvalue weighted by Crippen LogP contribution is 2.62. The minimum atomic E-state index is -3.94. The first-order valence-corrected chi connectivity index (χ1v) is 13.3. The summed E-state index contributed by atoms with van der Waals surface area (Å²) >= 11 is 0. The summed E-state index contributed by atoms with van der Waals surface area (Å²) in [5, 5.41) is -1.21. The average molecular weight is 473 g/mol. The van der Waals surface area contributed by atoms with Gasteiger partial charge < -0.3 is 4.90 Å². The first-order valence-electron chi connectivity index (χ1n) is 10.0. The molecule has 2 N–H and O–H groups in total. The molecule has 168 valence electrons. The molecule has 0 fully saturated rings. The molecule has 3 aromatic rings. The second-order valence-electron chi connectivity index (χ2n) is 7.74. The van der Waals surface area contributed by atoms with E-state index in [9.17, 15) is 22.3 Å². The quantitative estimate of drug-likeness (QED) is 0.561. The molecule has 2 heterocycles. The van der Waals surface area contributed by atoms with Crippen LogP contribution in [0.5, 0.6) is 0 Å². The van der Waals surface area contributed by atoms with Crippen LogP contribution in [0.15, 0.2) is 82.8 Å². The highest BCUT2D eigenvalue weighted by atomic mass is 32.3. The lowest BCUT2D eigenvalue weighted by atomic mass is 10.0. The predicted octanol–water partition coefficient (Wildman–Crippen LogP) is 4.03. The van der Waals surface area contributed by atoms with Gasteiger partial charge >= 0.3 is 0 Å². The number of pyridine rings is 1. The van der Waals surface area contributed by atoms with Gasteiger partial charge in [0.05, 0.1) is 15.5 Å². The van der Waals surface area contributed by atoms with Crippen molar-refractivity contribution in [1.29, 1.82) is 0 Å². The Labute approximate surface area is 189 Å². The van der Waals surface area contributed by atoms with Gasteiger partial charge in [-0.25, -0.2) is 8.42 Å². The molecule has 4 rings (SSSR count). The topological polar surface area (TPSA) is 108 Å². The predicted molar refractivity (Wildman–Crippen MR) is 124 cm³/mol. The van der Waals surface area contributed by atoms with Gasteiger partial charge in [0.25, 0.3) is 5.91 Å². The van der Waals surface area contributed by atoms with Gasteiger partial charge in [0.1, 0.15) is 5.25 Å². The maximum atomic E-state index is 13.4. The minimum Gasteiger partial charge on any atom is -0.341 e. The highest BCUT2D eigenvalue weighted by molar-refractivity contribution is 8.25. The molecule has 0 saturated heterocycles. The van der Waals surface area contributed by atoms with Crippen LogP contribution in [0.1, 0.15) is 26.7 Å². The fourth-order valence-electron chi connectivity index (χ4n) is 3.90. The van der Waals surface area contributed by atoms with Crippen molar-refractivity contribution in [2.75, 3.05) is 19.3 Å². The zero-order valence-electron chi connectivity index (χ0n) is 17.5. The number of rotatable bonds is 6. The van der Waals surface area contributed by atoms with E-state index in [0.29, 0.717) is 13.0 Å². The van der Waals surface area contributed by atoms with Crippen molar-refractivity contribution in [1.82, 2.24) is 9.88 Å². The number of likely N-dealkylation sites (N-methyl/N-ethyl adjacent to an activating group) is 1. The van der Waals surface area contributed by atoms with E-state index in [2.05, 4.69) is 4.98 Å². The summed E-state index contributed by atoms with van der Waals surface area (Å²) in [6.07, 6.45) is 4.00. The molecule has 1 amide bonds. The number of hydrogen-bond acceptors (Lipinski definition) is 6. The molecule has 0 spiro atoms. The van der Waals surface area contributed by atoms with Crippen molar-refractivity contribution in [2.24, 2.45) is 0 Å². The molecule has 1 aliphatic heterocycles. The van der Waals surface area contributed by atoms with Crippen molar-refractivity contribution in [2.45, 2.75) is 21.5 Å². The lowest BCUT2D eigenvalue weighted by Gasteiger charge is -2.27. The number of amides is 1. The number of carbonyl (C=O) groups excluding carboxylic acids is 1. The molecule has 1 aromatic heterocycles. The fraction of sp³-hybridized carbons (Fsp3) is 0.217. The molecule has 32 heavy (non-hydrogen) atoms. The van der Waals surface area contributed by atoms with Gasteiger partial charge in [-0.05, 0) is 42.3 Å². The van der Waals surface area contributed by atoms with E-state index in [1.54, 1.807) is 49.8 Å². The van der Waals surface area contributed by atoms with Gasteiger partial charge in [-0.2, -0.15) is 10.6 Å². The Balaban J connectivity index is 1.70. The third-order valence-corrected chi connectivity index (χ3v) is 9.76. The van der Waals surface area contributed by atoms with Crippen molar-refractivity contribution < 1.29 is 22.3 Å². The van der Waals surface area contributed by atoms with E-state index in [4.69, 9.17) is 0 Å². The van der Waals surface area contributed by atoms with Crippen LogP contribution < -0.4 is 0 Å². The molecular formula is C23H24N2O5S2. The molecule has 0 saturated carbocycles. The zero-order valence-corrected chi connectivity index (χ0v) is 19.1. The third kappa shape index (κ3) is 4.16. The monoisotopic (exact) mass is 472 g/mol. The minimum absolute atomic E-state index is 0.0836. The maximum absolute atomic E-state index is 13.4. The standard InChI is InChI=1S/C23H24N2O5S2/c1-25(14-12-17-7-6-13-24-15-17)23(26)19-10-5-11-20-22(19)21(16-31(20,27)28)32(29,30)18-8-3-2-4-9-18/h2-11,13,15,21,27-28H,12,14,16H2,1H3. The fourth-order valence-corrected chi connectivity index (χ4v) is 8.36. The summed E-state index contributed by atoms with van der Waals surface area (Å²) < 4.78 is 48.1. The molecular weight excluding hydrogens is 448 g/mol. The number of carbonyl (C=O) groups is 1. The SMILES string of the molecule is CN(CCc1cccnc1)C(=O)c1cccc2c1C(S(=O)(=O)c1ccccc1)CS2(O)O. The Bertz CT molecular complexity index is 1230. The molecule has 7 nitrogen and oxygen atoms in total.